The molecule has 0 aromatic rings. The summed E-state index contributed by atoms with van der Waals surface area (Å²) in [5, 5.41) is 3.09. The minimum Gasteiger partial charge on any atom is -0.457 e. The van der Waals surface area contributed by atoms with Gasteiger partial charge in [-0.1, -0.05) is 5.11 Å². The SMILES string of the molecule is CC1(C)OC=C([C@H](F)CN=[N+]=[N-])O1. The highest BCUT2D eigenvalue weighted by molar-refractivity contribution is 5.02. The molecule has 1 heterocycles. The van der Waals surface area contributed by atoms with Crippen molar-refractivity contribution in [1.29, 1.82) is 0 Å². The van der Waals surface area contributed by atoms with E-state index in [0.717, 1.165) is 0 Å². The molecule has 0 saturated carbocycles. The Morgan fingerprint density at radius 3 is 2.92 bits per heavy atom. The third-order valence-electron chi connectivity index (χ3n) is 1.44. The first-order valence-corrected chi connectivity index (χ1v) is 3.77. The third-order valence-corrected chi connectivity index (χ3v) is 1.44. The molecular weight excluding hydrogens is 177 g/mol. The summed E-state index contributed by atoms with van der Waals surface area (Å²) in [6.07, 6.45) is -0.227. The Kier molecular flexibility index (Phi) is 2.63. The Labute approximate surface area is 74.8 Å². The van der Waals surface area contributed by atoms with Crippen molar-refractivity contribution in [1.82, 2.24) is 0 Å². The molecule has 0 aliphatic carbocycles. The zero-order chi connectivity index (χ0) is 9.90. The van der Waals surface area contributed by atoms with Gasteiger partial charge in [0.25, 0.3) is 0 Å². The summed E-state index contributed by atoms with van der Waals surface area (Å²) in [4.78, 5) is 2.44. The molecule has 0 aromatic carbocycles. The molecule has 0 fully saturated rings. The second kappa shape index (κ2) is 3.53. The van der Waals surface area contributed by atoms with Crippen LogP contribution in [0.3, 0.4) is 0 Å². The highest BCUT2D eigenvalue weighted by Gasteiger charge is 2.31. The maximum Gasteiger partial charge on any atom is 0.244 e. The zero-order valence-corrected chi connectivity index (χ0v) is 7.40. The third kappa shape index (κ3) is 2.52. The molecule has 0 saturated heterocycles. The molecular formula is C7H10FN3O2. The van der Waals surface area contributed by atoms with Crippen molar-refractivity contribution in [2.45, 2.75) is 25.8 Å². The van der Waals surface area contributed by atoms with Crippen molar-refractivity contribution in [3.63, 3.8) is 0 Å². The van der Waals surface area contributed by atoms with E-state index in [2.05, 4.69) is 10.0 Å². The van der Waals surface area contributed by atoms with Gasteiger partial charge >= 0.3 is 0 Å². The lowest BCUT2D eigenvalue weighted by molar-refractivity contribution is -0.121. The van der Waals surface area contributed by atoms with Crippen molar-refractivity contribution >= 4 is 0 Å². The van der Waals surface area contributed by atoms with Crippen LogP contribution in [0.25, 0.3) is 10.4 Å². The number of azide groups is 1. The molecule has 0 amide bonds. The van der Waals surface area contributed by atoms with Gasteiger partial charge in [0.1, 0.15) is 6.26 Å². The van der Waals surface area contributed by atoms with Crippen LogP contribution < -0.4 is 0 Å². The van der Waals surface area contributed by atoms with Crippen LogP contribution in [0.5, 0.6) is 0 Å². The first-order valence-electron chi connectivity index (χ1n) is 3.77. The molecule has 1 aliphatic rings. The molecule has 72 valence electrons. The second-order valence-corrected chi connectivity index (χ2v) is 3.02. The topological polar surface area (TPSA) is 67.2 Å². The van der Waals surface area contributed by atoms with E-state index in [1.54, 1.807) is 13.8 Å². The maximum absolute atomic E-state index is 13.1. The normalized spacial score (nSPS) is 20.7. The fraction of sp³-hybridized carbons (Fsp3) is 0.714. The van der Waals surface area contributed by atoms with Gasteiger partial charge in [-0.05, 0) is 5.53 Å². The van der Waals surface area contributed by atoms with Gasteiger partial charge in [-0.15, -0.1) is 0 Å². The van der Waals surface area contributed by atoms with Gasteiger partial charge in [0.05, 0.1) is 6.54 Å². The number of nitrogens with zero attached hydrogens (tertiary/aromatic N) is 3. The predicted molar refractivity (Wildman–Crippen MR) is 43.2 cm³/mol. The smallest absolute Gasteiger partial charge is 0.244 e. The zero-order valence-electron chi connectivity index (χ0n) is 7.40. The predicted octanol–water partition coefficient (Wildman–Crippen LogP) is 2.26. The fourth-order valence-electron chi connectivity index (χ4n) is 0.868. The van der Waals surface area contributed by atoms with Crippen molar-refractivity contribution < 1.29 is 13.9 Å². The van der Waals surface area contributed by atoms with E-state index in [-0.39, 0.29) is 12.3 Å². The Hall–Kier alpha value is -1.42. The van der Waals surface area contributed by atoms with Crippen molar-refractivity contribution in [3.05, 3.63) is 22.5 Å². The molecule has 0 bridgehead atoms. The standard InChI is InChI=1S/C7H10FN3O2/c1-7(2)12-4-6(13-7)5(8)3-10-11-9/h4-5H,3H2,1-2H3/t5-/m1/s1. The van der Waals surface area contributed by atoms with Crippen LogP contribution in [-0.2, 0) is 9.47 Å². The molecule has 0 radical (unpaired) electrons. The lowest BCUT2D eigenvalue weighted by Crippen LogP contribution is -2.22. The molecule has 1 aliphatic heterocycles. The molecule has 0 aromatic heterocycles. The molecule has 13 heavy (non-hydrogen) atoms. The monoisotopic (exact) mass is 187 g/mol. The Bertz CT molecular complexity index is 271. The van der Waals surface area contributed by atoms with Gasteiger partial charge in [0, 0.05) is 18.8 Å². The minimum absolute atomic E-state index is 0.0670. The van der Waals surface area contributed by atoms with Crippen LogP contribution in [0.1, 0.15) is 13.8 Å². The molecule has 0 N–H and O–H groups in total. The van der Waals surface area contributed by atoms with Crippen molar-refractivity contribution in [2.24, 2.45) is 5.11 Å². The van der Waals surface area contributed by atoms with Gasteiger partial charge in [0.2, 0.25) is 5.79 Å². The van der Waals surface area contributed by atoms with Crippen LogP contribution in [0.15, 0.2) is 17.1 Å². The van der Waals surface area contributed by atoms with Crippen LogP contribution in [0.2, 0.25) is 0 Å². The molecule has 6 heteroatoms. The summed E-state index contributed by atoms with van der Waals surface area (Å²) in [7, 11) is 0. The van der Waals surface area contributed by atoms with Crippen molar-refractivity contribution in [3.8, 4) is 0 Å². The van der Waals surface area contributed by atoms with E-state index >= 15 is 0 Å². The fourth-order valence-corrected chi connectivity index (χ4v) is 0.868. The second-order valence-electron chi connectivity index (χ2n) is 3.02. The van der Waals surface area contributed by atoms with Crippen LogP contribution in [-0.4, -0.2) is 18.5 Å². The van der Waals surface area contributed by atoms with E-state index in [0.29, 0.717) is 0 Å². The number of ether oxygens (including phenoxy) is 2. The summed E-state index contributed by atoms with van der Waals surface area (Å²) < 4.78 is 23.2. The summed E-state index contributed by atoms with van der Waals surface area (Å²) in [5.41, 5.74) is 7.96. The van der Waals surface area contributed by atoms with Crippen LogP contribution in [0.4, 0.5) is 4.39 Å². The highest BCUT2D eigenvalue weighted by atomic mass is 19.1. The van der Waals surface area contributed by atoms with Gasteiger partial charge in [-0.3, -0.25) is 0 Å². The lowest BCUT2D eigenvalue weighted by atomic mass is 10.3. The quantitative estimate of drug-likeness (QED) is 0.386. The number of rotatable bonds is 3. The molecule has 5 nitrogen and oxygen atoms in total. The number of alkyl halides is 1. The number of halogens is 1. The van der Waals surface area contributed by atoms with E-state index in [1.807, 2.05) is 0 Å². The Morgan fingerprint density at radius 2 is 2.46 bits per heavy atom. The van der Waals surface area contributed by atoms with Crippen LogP contribution in [0, 0.1) is 0 Å². The van der Waals surface area contributed by atoms with Gasteiger partial charge in [-0.25, -0.2) is 4.39 Å². The Balaban J connectivity index is 2.50. The highest BCUT2D eigenvalue weighted by Crippen LogP contribution is 2.27. The summed E-state index contributed by atoms with van der Waals surface area (Å²) >= 11 is 0. The van der Waals surface area contributed by atoms with E-state index in [4.69, 9.17) is 15.0 Å². The van der Waals surface area contributed by atoms with E-state index in [9.17, 15) is 4.39 Å². The van der Waals surface area contributed by atoms with Crippen LogP contribution >= 0.6 is 0 Å². The molecule has 0 spiro atoms. The molecule has 1 atom stereocenters. The number of hydrogen-bond acceptors (Lipinski definition) is 3. The first kappa shape index (κ1) is 9.67. The van der Waals surface area contributed by atoms with Gasteiger partial charge in [0.15, 0.2) is 11.9 Å². The summed E-state index contributed by atoms with van der Waals surface area (Å²) in [5.74, 6) is -0.756. The average Bonchev–Trinajstić information content (AvgIpc) is 2.42. The number of hydrogen-bond donors (Lipinski definition) is 0. The molecule has 1 rings (SSSR count). The lowest BCUT2D eigenvalue weighted by Gasteiger charge is -2.18. The molecule has 0 unspecified atom stereocenters. The van der Waals surface area contributed by atoms with Gasteiger partial charge in [-0.2, -0.15) is 0 Å². The summed E-state index contributed by atoms with van der Waals surface area (Å²) in [6, 6.07) is 0. The van der Waals surface area contributed by atoms with E-state index in [1.165, 1.54) is 6.26 Å². The largest absolute Gasteiger partial charge is 0.457 e. The maximum atomic E-state index is 13.1. The van der Waals surface area contributed by atoms with Crippen molar-refractivity contribution in [2.75, 3.05) is 6.54 Å². The van der Waals surface area contributed by atoms with E-state index < -0.39 is 12.0 Å². The summed E-state index contributed by atoms with van der Waals surface area (Å²) in [6.45, 7) is 3.05. The first-order chi connectivity index (χ1) is 6.05. The average molecular weight is 187 g/mol. The Morgan fingerprint density at radius 1 is 1.77 bits per heavy atom. The minimum atomic E-state index is -1.43. The van der Waals surface area contributed by atoms with Gasteiger partial charge < -0.3 is 9.47 Å².